The van der Waals surface area contributed by atoms with Crippen LogP contribution in [0.15, 0.2) is 12.4 Å². The van der Waals surface area contributed by atoms with Gasteiger partial charge in [-0.25, -0.2) is 9.97 Å². The van der Waals surface area contributed by atoms with Gasteiger partial charge in [0.1, 0.15) is 12.1 Å². The molecule has 0 radical (unpaired) electrons. The van der Waals surface area contributed by atoms with E-state index < -0.39 is 0 Å². The molecule has 1 unspecified atom stereocenters. The van der Waals surface area contributed by atoms with Crippen LogP contribution < -0.4 is 10.2 Å². The molecule has 112 valence electrons. The van der Waals surface area contributed by atoms with Crippen LogP contribution in [0.2, 0.25) is 0 Å². The fraction of sp³-hybridized carbons (Fsp3) is 0.750. The van der Waals surface area contributed by atoms with Crippen LogP contribution in [0.4, 0.5) is 5.82 Å². The van der Waals surface area contributed by atoms with Crippen LogP contribution >= 0.6 is 0 Å². The van der Waals surface area contributed by atoms with E-state index in [1.54, 1.807) is 6.33 Å². The van der Waals surface area contributed by atoms with Crippen molar-refractivity contribution in [1.82, 2.24) is 15.3 Å². The van der Waals surface area contributed by atoms with Crippen molar-refractivity contribution in [1.29, 1.82) is 0 Å². The summed E-state index contributed by atoms with van der Waals surface area (Å²) in [4.78, 5) is 11.3. The van der Waals surface area contributed by atoms with E-state index in [1.807, 2.05) is 0 Å². The zero-order valence-electron chi connectivity index (χ0n) is 13.1. The summed E-state index contributed by atoms with van der Waals surface area (Å²) in [5, 5.41) is 3.59. The second-order valence-electron chi connectivity index (χ2n) is 6.05. The van der Waals surface area contributed by atoms with E-state index in [0.717, 1.165) is 31.1 Å². The summed E-state index contributed by atoms with van der Waals surface area (Å²) in [6.07, 6.45) is 6.73. The SMILES string of the molecule is CCCCN(CC1CCCN1)c1cc(C(C)C)ncn1. The van der Waals surface area contributed by atoms with E-state index in [1.165, 1.54) is 25.7 Å². The maximum absolute atomic E-state index is 4.50. The second kappa shape index (κ2) is 7.58. The van der Waals surface area contributed by atoms with E-state index in [2.05, 4.69) is 47.0 Å². The molecule has 0 bridgehead atoms. The van der Waals surface area contributed by atoms with Gasteiger partial charge in [0.25, 0.3) is 0 Å². The number of rotatable bonds is 7. The zero-order valence-corrected chi connectivity index (χ0v) is 13.1. The Morgan fingerprint density at radius 3 is 2.90 bits per heavy atom. The number of anilines is 1. The van der Waals surface area contributed by atoms with Crippen molar-refractivity contribution in [3.63, 3.8) is 0 Å². The summed E-state index contributed by atoms with van der Waals surface area (Å²) in [7, 11) is 0. The first-order chi connectivity index (χ1) is 9.70. The summed E-state index contributed by atoms with van der Waals surface area (Å²) in [5.74, 6) is 1.54. The van der Waals surface area contributed by atoms with Crippen LogP contribution in [0.3, 0.4) is 0 Å². The van der Waals surface area contributed by atoms with Crippen LogP contribution in [-0.4, -0.2) is 35.6 Å². The van der Waals surface area contributed by atoms with E-state index in [-0.39, 0.29) is 0 Å². The molecule has 1 saturated heterocycles. The van der Waals surface area contributed by atoms with E-state index in [9.17, 15) is 0 Å². The smallest absolute Gasteiger partial charge is 0.132 e. The highest BCUT2D eigenvalue weighted by molar-refractivity contribution is 5.39. The second-order valence-corrected chi connectivity index (χ2v) is 6.05. The Morgan fingerprint density at radius 1 is 1.40 bits per heavy atom. The van der Waals surface area contributed by atoms with Crippen LogP contribution in [0, 0.1) is 0 Å². The molecule has 1 fully saturated rings. The lowest BCUT2D eigenvalue weighted by molar-refractivity contribution is 0.568. The third-order valence-corrected chi connectivity index (χ3v) is 3.97. The highest BCUT2D eigenvalue weighted by atomic mass is 15.2. The molecule has 1 aromatic heterocycles. The number of hydrogen-bond donors (Lipinski definition) is 1. The van der Waals surface area contributed by atoms with Gasteiger partial charge in [0.15, 0.2) is 0 Å². The van der Waals surface area contributed by atoms with Crippen molar-refractivity contribution in [3.05, 3.63) is 18.1 Å². The third kappa shape index (κ3) is 4.17. The maximum atomic E-state index is 4.50. The minimum Gasteiger partial charge on any atom is -0.355 e. The molecule has 20 heavy (non-hydrogen) atoms. The Morgan fingerprint density at radius 2 is 2.25 bits per heavy atom. The van der Waals surface area contributed by atoms with Crippen molar-refractivity contribution in [2.75, 3.05) is 24.5 Å². The Hall–Kier alpha value is -1.16. The molecule has 0 amide bonds. The summed E-state index contributed by atoms with van der Waals surface area (Å²) >= 11 is 0. The van der Waals surface area contributed by atoms with E-state index in [4.69, 9.17) is 0 Å². The molecule has 1 N–H and O–H groups in total. The molecule has 1 aromatic rings. The van der Waals surface area contributed by atoms with Crippen molar-refractivity contribution in [2.24, 2.45) is 0 Å². The molecule has 1 atom stereocenters. The Bertz CT molecular complexity index is 399. The van der Waals surface area contributed by atoms with Crippen LogP contribution in [-0.2, 0) is 0 Å². The first-order valence-corrected chi connectivity index (χ1v) is 8.01. The van der Waals surface area contributed by atoms with Gasteiger partial charge in [-0.3, -0.25) is 0 Å². The van der Waals surface area contributed by atoms with Crippen molar-refractivity contribution < 1.29 is 0 Å². The standard InChI is InChI=1S/C16H28N4/c1-4-5-9-20(11-14-7-6-8-17-14)16-10-15(13(2)3)18-12-19-16/h10,12-14,17H,4-9,11H2,1-3H3. The number of nitrogens with one attached hydrogen (secondary N) is 1. The monoisotopic (exact) mass is 276 g/mol. The van der Waals surface area contributed by atoms with Crippen molar-refractivity contribution in [3.8, 4) is 0 Å². The first kappa shape index (κ1) is 15.2. The van der Waals surface area contributed by atoms with Crippen molar-refractivity contribution >= 4 is 5.82 Å². The molecule has 0 aromatic carbocycles. The molecular formula is C16H28N4. The third-order valence-electron chi connectivity index (χ3n) is 3.97. The molecule has 1 aliphatic heterocycles. The zero-order chi connectivity index (χ0) is 14.4. The van der Waals surface area contributed by atoms with Crippen molar-refractivity contribution in [2.45, 2.75) is 58.4 Å². The predicted molar refractivity (Wildman–Crippen MR) is 84.3 cm³/mol. The van der Waals surface area contributed by atoms with Gasteiger partial charge in [0, 0.05) is 30.9 Å². The molecule has 2 heterocycles. The number of nitrogens with zero attached hydrogens (tertiary/aromatic N) is 3. The summed E-state index contributed by atoms with van der Waals surface area (Å²) in [6.45, 7) is 9.92. The van der Waals surface area contributed by atoms with Gasteiger partial charge in [-0.15, -0.1) is 0 Å². The molecule has 4 nitrogen and oxygen atoms in total. The number of aromatic nitrogens is 2. The predicted octanol–water partition coefficient (Wildman–Crippen LogP) is 2.96. The molecule has 1 aliphatic rings. The van der Waals surface area contributed by atoms with Gasteiger partial charge in [-0.1, -0.05) is 27.2 Å². The summed E-state index contributed by atoms with van der Waals surface area (Å²) in [5.41, 5.74) is 1.14. The summed E-state index contributed by atoms with van der Waals surface area (Å²) < 4.78 is 0. The fourth-order valence-electron chi connectivity index (χ4n) is 2.68. The van der Waals surface area contributed by atoms with Gasteiger partial charge in [-0.2, -0.15) is 0 Å². The Kier molecular flexibility index (Phi) is 5.77. The summed E-state index contributed by atoms with van der Waals surface area (Å²) in [6, 6.07) is 2.78. The minimum absolute atomic E-state index is 0.453. The number of unbranched alkanes of at least 4 members (excludes halogenated alkanes) is 1. The van der Waals surface area contributed by atoms with Crippen LogP contribution in [0.5, 0.6) is 0 Å². The largest absolute Gasteiger partial charge is 0.355 e. The van der Waals surface area contributed by atoms with E-state index >= 15 is 0 Å². The van der Waals surface area contributed by atoms with Crippen LogP contribution in [0.1, 0.15) is 58.1 Å². The van der Waals surface area contributed by atoms with Gasteiger partial charge in [0.2, 0.25) is 0 Å². The first-order valence-electron chi connectivity index (χ1n) is 8.01. The Balaban J connectivity index is 2.09. The highest BCUT2D eigenvalue weighted by Crippen LogP contribution is 2.19. The molecule has 4 heteroatoms. The average Bonchev–Trinajstić information content (AvgIpc) is 2.96. The average molecular weight is 276 g/mol. The van der Waals surface area contributed by atoms with E-state index in [0.29, 0.717) is 12.0 Å². The van der Waals surface area contributed by atoms with Gasteiger partial charge in [0.05, 0.1) is 0 Å². The lowest BCUT2D eigenvalue weighted by Gasteiger charge is -2.27. The lowest BCUT2D eigenvalue weighted by Crippen LogP contribution is -2.38. The maximum Gasteiger partial charge on any atom is 0.132 e. The van der Waals surface area contributed by atoms with Gasteiger partial charge >= 0.3 is 0 Å². The number of hydrogen-bond acceptors (Lipinski definition) is 4. The lowest BCUT2D eigenvalue weighted by atomic mass is 10.1. The van der Waals surface area contributed by atoms with Crippen LogP contribution in [0.25, 0.3) is 0 Å². The topological polar surface area (TPSA) is 41.0 Å². The van der Waals surface area contributed by atoms with Gasteiger partial charge < -0.3 is 10.2 Å². The minimum atomic E-state index is 0.453. The molecule has 0 saturated carbocycles. The Labute approximate surface area is 123 Å². The fourth-order valence-corrected chi connectivity index (χ4v) is 2.68. The molecule has 2 rings (SSSR count). The molecular weight excluding hydrogens is 248 g/mol. The molecule has 0 spiro atoms. The van der Waals surface area contributed by atoms with Gasteiger partial charge in [-0.05, 0) is 31.7 Å². The molecule has 0 aliphatic carbocycles. The quantitative estimate of drug-likeness (QED) is 0.831. The normalized spacial score (nSPS) is 18.7. The highest BCUT2D eigenvalue weighted by Gasteiger charge is 2.19.